The molecule has 43 heavy (non-hydrogen) atoms. The molecule has 1 aromatic heterocycles. The lowest BCUT2D eigenvalue weighted by Crippen LogP contribution is -2.43. The van der Waals surface area contributed by atoms with E-state index in [4.69, 9.17) is 24.4 Å². The molecule has 2 N–H and O–H groups in total. The summed E-state index contributed by atoms with van der Waals surface area (Å²) in [6.07, 6.45) is 2.73. The second kappa shape index (κ2) is 11.3. The van der Waals surface area contributed by atoms with Crippen molar-refractivity contribution in [2.75, 3.05) is 23.8 Å². The molecular weight excluding hydrogens is 579 g/mol. The summed E-state index contributed by atoms with van der Waals surface area (Å²) in [5.41, 5.74) is 7.17. The van der Waals surface area contributed by atoms with Gasteiger partial charge in [-0.3, -0.25) is 4.31 Å². The number of nitrogens with two attached hydrogens (primary N) is 1. The van der Waals surface area contributed by atoms with E-state index < -0.39 is 22.1 Å². The third kappa shape index (κ3) is 6.06. The Bertz CT molecular complexity index is 1790. The lowest BCUT2D eigenvalue weighted by Gasteiger charge is -2.35. The number of benzene rings is 3. The summed E-state index contributed by atoms with van der Waals surface area (Å²) in [4.78, 5) is 24.8. The van der Waals surface area contributed by atoms with Crippen molar-refractivity contribution in [3.8, 4) is 22.8 Å². The molecule has 1 saturated heterocycles. The zero-order valence-corrected chi connectivity index (χ0v) is 24.1. The zero-order chi connectivity index (χ0) is 30.3. The summed E-state index contributed by atoms with van der Waals surface area (Å²) in [7, 11) is -3.69. The van der Waals surface area contributed by atoms with Gasteiger partial charge in [0.05, 0.1) is 11.9 Å². The molecule has 2 aliphatic rings. The van der Waals surface area contributed by atoms with E-state index in [1.807, 2.05) is 0 Å². The number of anilines is 1. The fraction of sp³-hybridized carbons (Fsp3) is 0.290. The largest absolute Gasteiger partial charge is 0.457 e. The predicted octanol–water partition coefficient (Wildman–Crippen LogP) is 6.09. The Balaban J connectivity index is 1.47. The summed E-state index contributed by atoms with van der Waals surface area (Å²) in [6.45, 7) is 0.902. The molecule has 0 spiro atoms. The summed E-state index contributed by atoms with van der Waals surface area (Å²) < 4.78 is 63.3. The number of furan rings is 1. The monoisotopic (exact) mass is 608 g/mol. The molecule has 224 valence electrons. The highest BCUT2D eigenvalue weighted by Gasteiger charge is 2.36. The SMILES string of the molecule is CS(=O)(=O)N(c1cc2oc(-c3ccc(Oc4ccc(F)cc4)cc3)c(C(=O)OC(N)=O)c2cc1C1CC1)C1CCOCC1. The number of primary amides is 1. The number of rotatable bonds is 8. The maximum absolute atomic E-state index is 13.3. The maximum Gasteiger partial charge on any atom is 0.412 e. The fourth-order valence-electron chi connectivity index (χ4n) is 5.49. The minimum absolute atomic E-state index is 0.00794. The maximum atomic E-state index is 13.3. The highest BCUT2D eigenvalue weighted by molar-refractivity contribution is 7.92. The summed E-state index contributed by atoms with van der Waals surface area (Å²) in [5.74, 6) is -0.277. The first-order valence-corrected chi connectivity index (χ1v) is 15.7. The van der Waals surface area contributed by atoms with Gasteiger partial charge in [0.2, 0.25) is 10.0 Å². The van der Waals surface area contributed by atoms with E-state index >= 15 is 0 Å². The van der Waals surface area contributed by atoms with E-state index in [0.717, 1.165) is 18.4 Å². The Morgan fingerprint density at radius 1 is 0.953 bits per heavy atom. The van der Waals surface area contributed by atoms with Gasteiger partial charge in [0.1, 0.15) is 34.2 Å². The molecule has 1 aliphatic heterocycles. The van der Waals surface area contributed by atoms with Crippen molar-refractivity contribution < 1.29 is 41.0 Å². The first kappa shape index (κ1) is 28.7. The number of hydrogen-bond acceptors (Lipinski definition) is 8. The zero-order valence-electron chi connectivity index (χ0n) is 23.2. The molecule has 6 rings (SSSR count). The molecule has 12 heteroatoms. The van der Waals surface area contributed by atoms with E-state index in [1.54, 1.807) is 36.4 Å². The van der Waals surface area contributed by atoms with Crippen molar-refractivity contribution >= 4 is 38.7 Å². The Labute approximate surface area is 247 Å². The van der Waals surface area contributed by atoms with Crippen molar-refractivity contribution in [1.29, 1.82) is 0 Å². The second-order valence-corrected chi connectivity index (χ2v) is 12.5. The van der Waals surface area contributed by atoms with Gasteiger partial charge in [0, 0.05) is 36.3 Å². The van der Waals surface area contributed by atoms with E-state index in [0.29, 0.717) is 54.2 Å². The number of carbonyl (C=O) groups is 2. The molecule has 10 nitrogen and oxygen atoms in total. The molecule has 3 aromatic carbocycles. The highest BCUT2D eigenvalue weighted by Crippen LogP contribution is 2.49. The number of fused-ring (bicyclic) bond motifs is 1. The van der Waals surface area contributed by atoms with Crippen LogP contribution >= 0.6 is 0 Å². The van der Waals surface area contributed by atoms with Gasteiger partial charge in [-0.15, -0.1) is 0 Å². The van der Waals surface area contributed by atoms with Gasteiger partial charge in [-0.25, -0.2) is 22.4 Å². The first-order chi connectivity index (χ1) is 20.6. The van der Waals surface area contributed by atoms with E-state index in [2.05, 4.69) is 0 Å². The van der Waals surface area contributed by atoms with Gasteiger partial charge in [0.15, 0.2) is 0 Å². The molecule has 0 unspecified atom stereocenters. The van der Waals surface area contributed by atoms with Crippen LogP contribution < -0.4 is 14.8 Å². The number of esters is 1. The second-order valence-electron chi connectivity index (χ2n) is 10.7. The predicted molar refractivity (Wildman–Crippen MR) is 156 cm³/mol. The molecule has 0 atom stereocenters. The Hall–Kier alpha value is -4.42. The summed E-state index contributed by atoms with van der Waals surface area (Å²) >= 11 is 0. The van der Waals surface area contributed by atoms with Gasteiger partial charge in [0.25, 0.3) is 0 Å². The average Bonchev–Trinajstić information content (AvgIpc) is 3.74. The fourth-order valence-corrected chi connectivity index (χ4v) is 6.76. The summed E-state index contributed by atoms with van der Waals surface area (Å²) in [5, 5.41) is 0.374. The first-order valence-electron chi connectivity index (χ1n) is 13.8. The van der Waals surface area contributed by atoms with Crippen molar-refractivity contribution in [2.24, 2.45) is 5.73 Å². The lowest BCUT2D eigenvalue weighted by molar-refractivity contribution is 0.0640. The van der Waals surface area contributed by atoms with Crippen LogP contribution in [-0.4, -0.2) is 46.0 Å². The summed E-state index contributed by atoms with van der Waals surface area (Å²) in [6, 6.07) is 15.3. The normalized spacial score (nSPS) is 15.8. The van der Waals surface area contributed by atoms with Crippen LogP contribution in [0.5, 0.6) is 11.5 Å². The topological polar surface area (TPSA) is 138 Å². The number of nitrogens with zero attached hydrogens (tertiary/aromatic N) is 1. The minimum Gasteiger partial charge on any atom is -0.457 e. The quantitative estimate of drug-likeness (QED) is 0.187. The molecule has 1 aliphatic carbocycles. The van der Waals surface area contributed by atoms with Crippen molar-refractivity contribution in [3.63, 3.8) is 0 Å². The van der Waals surface area contributed by atoms with Crippen molar-refractivity contribution in [1.82, 2.24) is 0 Å². The third-order valence-electron chi connectivity index (χ3n) is 7.53. The highest BCUT2D eigenvalue weighted by atomic mass is 32.2. The van der Waals surface area contributed by atoms with Crippen LogP contribution in [-0.2, 0) is 19.5 Å². The van der Waals surface area contributed by atoms with Gasteiger partial charge in [-0.05, 0) is 91.8 Å². The lowest BCUT2D eigenvalue weighted by atomic mass is 9.99. The molecule has 2 heterocycles. The van der Waals surface area contributed by atoms with Gasteiger partial charge >= 0.3 is 12.1 Å². The van der Waals surface area contributed by atoms with Crippen LogP contribution in [0.2, 0.25) is 0 Å². The van der Waals surface area contributed by atoms with Crippen LogP contribution in [0, 0.1) is 5.82 Å². The molecule has 0 bridgehead atoms. The van der Waals surface area contributed by atoms with Crippen LogP contribution in [0.3, 0.4) is 0 Å². The number of carbonyl (C=O) groups excluding carboxylic acids is 2. The number of ether oxygens (including phenoxy) is 3. The van der Waals surface area contributed by atoms with Gasteiger partial charge < -0.3 is 24.4 Å². The molecule has 0 radical (unpaired) electrons. The number of sulfonamides is 1. The molecule has 2 fully saturated rings. The molecule has 1 amide bonds. The van der Waals surface area contributed by atoms with Gasteiger partial charge in [-0.2, -0.15) is 0 Å². The smallest absolute Gasteiger partial charge is 0.412 e. The minimum atomic E-state index is -3.69. The van der Waals surface area contributed by atoms with E-state index in [1.165, 1.54) is 34.8 Å². The van der Waals surface area contributed by atoms with Crippen LogP contribution in [0.15, 0.2) is 65.1 Å². The standard InChI is InChI=1S/C31H29FN2O8S/c1-43(37,38)34(21-12-14-39-15-13-21)26-17-27-25(16-24(26)18-2-3-18)28(30(35)42-31(33)36)29(41-27)19-4-8-22(9-5-19)40-23-10-6-20(32)7-11-23/h4-11,16-18,21H,2-3,12-15H2,1H3,(H2,33,36). The van der Waals surface area contributed by atoms with Gasteiger partial charge in [-0.1, -0.05) is 0 Å². The van der Waals surface area contributed by atoms with Crippen molar-refractivity contribution in [2.45, 2.75) is 37.6 Å². The molecule has 4 aromatic rings. The third-order valence-corrected chi connectivity index (χ3v) is 8.74. The number of amides is 1. The Kier molecular flexibility index (Phi) is 7.57. The van der Waals surface area contributed by atoms with E-state index in [9.17, 15) is 22.4 Å². The van der Waals surface area contributed by atoms with Crippen LogP contribution in [0.4, 0.5) is 14.9 Å². The molecular formula is C31H29FN2O8S. The molecule has 1 saturated carbocycles. The van der Waals surface area contributed by atoms with E-state index in [-0.39, 0.29) is 34.7 Å². The average molecular weight is 609 g/mol. The number of halogens is 1. The van der Waals surface area contributed by atoms with Crippen molar-refractivity contribution in [3.05, 3.63) is 77.6 Å². The van der Waals surface area contributed by atoms with Crippen LogP contribution in [0.1, 0.15) is 47.5 Å². The Morgan fingerprint density at radius 2 is 1.58 bits per heavy atom. The number of hydrogen-bond donors (Lipinski definition) is 1. The Morgan fingerprint density at radius 3 is 2.16 bits per heavy atom. The van der Waals surface area contributed by atoms with Crippen LogP contribution in [0.25, 0.3) is 22.3 Å².